The molecule has 1 aliphatic heterocycles. The quantitative estimate of drug-likeness (QED) is 0.466. The summed E-state index contributed by atoms with van der Waals surface area (Å²) in [4.78, 5) is 18.5. The third-order valence-electron chi connectivity index (χ3n) is 6.44. The molecule has 2 atom stereocenters. The Kier molecular flexibility index (Phi) is 6.51. The van der Waals surface area contributed by atoms with Gasteiger partial charge in [-0.3, -0.25) is 4.98 Å². The van der Waals surface area contributed by atoms with E-state index in [0.29, 0.717) is 0 Å². The summed E-state index contributed by atoms with van der Waals surface area (Å²) in [5.41, 5.74) is 6.46. The van der Waals surface area contributed by atoms with Crippen LogP contribution < -0.4 is 5.32 Å². The zero-order valence-electron chi connectivity index (χ0n) is 19.5. The number of unbranched alkanes of at least 4 members (excludes halogenated alkanes) is 1. The lowest BCUT2D eigenvalue weighted by Crippen LogP contribution is -2.30. The van der Waals surface area contributed by atoms with Crippen LogP contribution in [0.25, 0.3) is 5.69 Å². The number of rotatable bonds is 7. The third-order valence-corrected chi connectivity index (χ3v) is 6.79. The van der Waals surface area contributed by atoms with E-state index in [9.17, 15) is 9.90 Å². The van der Waals surface area contributed by atoms with Gasteiger partial charge in [0.2, 0.25) is 0 Å². The van der Waals surface area contributed by atoms with Crippen LogP contribution in [0.1, 0.15) is 70.4 Å². The van der Waals surface area contributed by atoms with Crippen molar-refractivity contribution in [3.8, 4) is 5.69 Å². The van der Waals surface area contributed by atoms with Gasteiger partial charge in [0.1, 0.15) is 0 Å². The number of aryl methyl sites for hydroxylation is 2. The number of carbonyl (C=O) groups is 1. The van der Waals surface area contributed by atoms with Gasteiger partial charge in [-0.15, -0.1) is 0 Å². The molecule has 1 fully saturated rings. The maximum absolute atomic E-state index is 11.6. The van der Waals surface area contributed by atoms with Crippen LogP contribution in [0, 0.1) is 20.8 Å². The Morgan fingerprint density at radius 1 is 1.18 bits per heavy atom. The van der Waals surface area contributed by atoms with Crippen molar-refractivity contribution < 1.29 is 9.90 Å². The van der Waals surface area contributed by atoms with Crippen LogP contribution in [-0.2, 0) is 0 Å². The van der Waals surface area contributed by atoms with E-state index < -0.39 is 5.97 Å². The van der Waals surface area contributed by atoms with Gasteiger partial charge in [-0.25, -0.2) is 4.79 Å². The summed E-state index contributed by atoms with van der Waals surface area (Å²) in [7, 11) is 0. The fraction of sp³-hybridized carbons (Fsp3) is 0.346. The van der Waals surface area contributed by atoms with Gasteiger partial charge < -0.3 is 19.9 Å². The van der Waals surface area contributed by atoms with Gasteiger partial charge in [0.05, 0.1) is 23.3 Å². The largest absolute Gasteiger partial charge is 0.478 e. The van der Waals surface area contributed by atoms with Gasteiger partial charge in [0.15, 0.2) is 5.11 Å². The smallest absolute Gasteiger partial charge is 0.335 e. The molecular weight excluding hydrogens is 432 g/mol. The molecule has 4 rings (SSSR count). The Morgan fingerprint density at radius 2 is 1.97 bits per heavy atom. The Hall–Kier alpha value is -3.19. The van der Waals surface area contributed by atoms with Gasteiger partial charge in [0, 0.05) is 29.8 Å². The second-order valence-corrected chi connectivity index (χ2v) is 9.03. The Morgan fingerprint density at radius 3 is 2.64 bits per heavy atom. The Balaban J connectivity index is 1.85. The number of benzene rings is 1. The van der Waals surface area contributed by atoms with E-state index in [1.165, 1.54) is 5.56 Å². The first-order chi connectivity index (χ1) is 15.8. The molecule has 0 saturated carbocycles. The van der Waals surface area contributed by atoms with E-state index in [0.717, 1.165) is 52.8 Å². The molecule has 3 aromatic rings. The molecule has 2 aromatic heterocycles. The van der Waals surface area contributed by atoms with Gasteiger partial charge in [-0.1, -0.05) is 25.5 Å². The van der Waals surface area contributed by atoms with Crippen LogP contribution in [0.4, 0.5) is 0 Å². The molecule has 0 bridgehead atoms. The van der Waals surface area contributed by atoms with E-state index in [1.807, 2.05) is 37.4 Å². The third kappa shape index (κ3) is 4.25. The molecule has 1 aliphatic rings. The number of thiocarbonyl (C=S) groups is 1. The zero-order chi connectivity index (χ0) is 23.7. The second kappa shape index (κ2) is 9.35. The monoisotopic (exact) mass is 462 g/mol. The molecule has 1 saturated heterocycles. The molecule has 172 valence electrons. The maximum atomic E-state index is 11.6. The van der Waals surface area contributed by atoms with Crippen molar-refractivity contribution in [1.82, 2.24) is 19.8 Å². The topological polar surface area (TPSA) is 70.4 Å². The van der Waals surface area contributed by atoms with E-state index in [2.05, 4.69) is 46.6 Å². The summed E-state index contributed by atoms with van der Waals surface area (Å²) < 4.78 is 2.16. The lowest BCUT2D eigenvalue weighted by molar-refractivity contribution is 0.0697. The molecule has 0 spiro atoms. The lowest BCUT2D eigenvalue weighted by Gasteiger charge is -2.28. The number of pyridine rings is 1. The second-order valence-electron chi connectivity index (χ2n) is 8.64. The zero-order valence-corrected chi connectivity index (χ0v) is 20.3. The van der Waals surface area contributed by atoms with Crippen LogP contribution >= 0.6 is 12.2 Å². The normalized spacial score (nSPS) is 17.9. The fourth-order valence-corrected chi connectivity index (χ4v) is 5.09. The summed E-state index contributed by atoms with van der Waals surface area (Å²) in [5.74, 6) is -0.926. The van der Waals surface area contributed by atoms with Crippen molar-refractivity contribution in [2.75, 3.05) is 6.54 Å². The number of hydrogen-bond donors (Lipinski definition) is 2. The van der Waals surface area contributed by atoms with Gasteiger partial charge in [-0.05, 0) is 80.9 Å². The average molecular weight is 463 g/mol. The van der Waals surface area contributed by atoms with Gasteiger partial charge >= 0.3 is 5.97 Å². The first-order valence-corrected chi connectivity index (χ1v) is 11.8. The van der Waals surface area contributed by atoms with Crippen molar-refractivity contribution in [2.45, 2.75) is 52.6 Å². The van der Waals surface area contributed by atoms with E-state index in [4.69, 9.17) is 12.2 Å². The van der Waals surface area contributed by atoms with E-state index in [1.54, 1.807) is 12.1 Å². The van der Waals surface area contributed by atoms with Crippen molar-refractivity contribution >= 4 is 23.3 Å². The van der Waals surface area contributed by atoms with Gasteiger partial charge in [0.25, 0.3) is 0 Å². The number of nitrogens with one attached hydrogen (secondary N) is 1. The minimum atomic E-state index is -0.926. The predicted octanol–water partition coefficient (Wildman–Crippen LogP) is 5.27. The highest BCUT2D eigenvalue weighted by atomic mass is 32.1. The highest BCUT2D eigenvalue weighted by Crippen LogP contribution is 2.41. The molecule has 7 heteroatoms. The van der Waals surface area contributed by atoms with Crippen LogP contribution in [0.15, 0.2) is 48.7 Å². The molecule has 0 unspecified atom stereocenters. The first-order valence-electron chi connectivity index (χ1n) is 11.3. The molecule has 0 aliphatic carbocycles. The molecule has 2 N–H and O–H groups in total. The van der Waals surface area contributed by atoms with Crippen LogP contribution in [0.2, 0.25) is 0 Å². The summed E-state index contributed by atoms with van der Waals surface area (Å²) >= 11 is 5.77. The highest BCUT2D eigenvalue weighted by Gasteiger charge is 2.41. The number of nitrogens with zero attached hydrogens (tertiary/aromatic N) is 3. The van der Waals surface area contributed by atoms with Crippen LogP contribution in [-0.4, -0.2) is 37.2 Å². The lowest BCUT2D eigenvalue weighted by atomic mass is 9.96. The van der Waals surface area contributed by atoms with Gasteiger partial charge in [-0.2, -0.15) is 0 Å². The predicted molar refractivity (Wildman–Crippen MR) is 134 cm³/mol. The van der Waals surface area contributed by atoms with Crippen molar-refractivity contribution in [3.05, 3.63) is 82.4 Å². The highest BCUT2D eigenvalue weighted by molar-refractivity contribution is 7.80. The van der Waals surface area contributed by atoms with Crippen molar-refractivity contribution in [3.63, 3.8) is 0 Å². The van der Waals surface area contributed by atoms with Crippen molar-refractivity contribution in [1.29, 1.82) is 0 Å². The number of aromatic nitrogens is 2. The molecule has 6 nitrogen and oxygen atoms in total. The summed E-state index contributed by atoms with van der Waals surface area (Å²) in [5, 5.41) is 13.8. The average Bonchev–Trinajstić information content (AvgIpc) is 3.28. The standard InChI is InChI=1S/C26H30N4O2S/c1-5-6-13-29-24(23(28-26(29)33)21-9-7-8-12-27-21)20-14-17(3)30(18(20)4)22-15-19(25(31)32)11-10-16(22)2/h7-12,14-15,23-24H,5-6,13H2,1-4H3,(H,28,33)(H,31,32)/t23-,24+/m0/s1. The number of aromatic carboxylic acids is 1. The number of carboxylic acid groups (broad SMARTS) is 1. The molecule has 33 heavy (non-hydrogen) atoms. The number of hydrogen-bond acceptors (Lipinski definition) is 3. The molecule has 3 heterocycles. The first kappa shape index (κ1) is 23.0. The van der Waals surface area contributed by atoms with E-state index in [-0.39, 0.29) is 17.6 Å². The minimum absolute atomic E-state index is 0.00172. The Labute approximate surface area is 200 Å². The van der Waals surface area contributed by atoms with E-state index >= 15 is 0 Å². The summed E-state index contributed by atoms with van der Waals surface area (Å²) in [6, 6.07) is 13.4. The molecular formula is C26H30N4O2S. The van der Waals surface area contributed by atoms with Crippen molar-refractivity contribution in [2.24, 2.45) is 0 Å². The summed E-state index contributed by atoms with van der Waals surface area (Å²) in [6.45, 7) is 9.23. The Bertz CT molecular complexity index is 1190. The van der Waals surface area contributed by atoms with Crippen LogP contribution in [0.3, 0.4) is 0 Å². The SMILES string of the molecule is CCCCN1C(=S)N[C@@H](c2ccccn2)[C@H]1c1cc(C)n(-c2cc(C(=O)O)ccc2C)c1C. The summed E-state index contributed by atoms with van der Waals surface area (Å²) in [6.07, 6.45) is 3.95. The molecule has 1 aromatic carbocycles. The van der Waals surface area contributed by atoms with Crippen LogP contribution in [0.5, 0.6) is 0 Å². The number of carboxylic acids is 1. The fourth-order valence-electron chi connectivity index (χ4n) is 4.75. The molecule has 0 radical (unpaired) electrons. The maximum Gasteiger partial charge on any atom is 0.335 e. The minimum Gasteiger partial charge on any atom is -0.478 e. The molecule has 0 amide bonds.